The summed E-state index contributed by atoms with van der Waals surface area (Å²) in [4.78, 5) is 10.9. The van der Waals surface area contributed by atoms with E-state index in [9.17, 15) is 9.90 Å². The van der Waals surface area contributed by atoms with E-state index in [0.29, 0.717) is 15.6 Å². The third-order valence-electron chi connectivity index (χ3n) is 2.41. The van der Waals surface area contributed by atoms with Crippen LogP contribution in [-0.2, 0) is 15.1 Å². The SMILES string of the molecule is CC(=O)OCC(O)(CC(Cl)(Cl)Cl)c1cc(Cl)cc(Cl)c1. The van der Waals surface area contributed by atoms with Crippen LogP contribution in [0, 0.1) is 0 Å². The molecule has 20 heavy (non-hydrogen) atoms. The summed E-state index contributed by atoms with van der Waals surface area (Å²) in [7, 11) is 0. The van der Waals surface area contributed by atoms with Crippen LogP contribution in [-0.4, -0.2) is 21.5 Å². The summed E-state index contributed by atoms with van der Waals surface area (Å²) in [6.07, 6.45) is -0.297. The third kappa shape index (κ3) is 5.84. The Morgan fingerprint density at radius 3 is 2.10 bits per heavy atom. The Bertz CT molecular complexity index is 480. The van der Waals surface area contributed by atoms with E-state index in [4.69, 9.17) is 62.7 Å². The first-order valence-electron chi connectivity index (χ1n) is 5.41. The molecule has 0 fully saturated rings. The van der Waals surface area contributed by atoms with Crippen LogP contribution in [0.4, 0.5) is 0 Å². The number of hydrogen-bond donors (Lipinski definition) is 1. The maximum Gasteiger partial charge on any atom is 0.302 e. The number of alkyl halides is 3. The van der Waals surface area contributed by atoms with E-state index in [2.05, 4.69) is 0 Å². The molecule has 1 aromatic carbocycles. The van der Waals surface area contributed by atoms with Crippen LogP contribution < -0.4 is 0 Å². The Kier molecular flexibility index (Phi) is 6.27. The molecule has 0 aromatic heterocycles. The Hall–Kier alpha value is 0.1000. The number of rotatable bonds is 4. The third-order valence-corrected chi connectivity index (χ3v) is 3.24. The highest BCUT2D eigenvalue weighted by atomic mass is 35.6. The lowest BCUT2D eigenvalue weighted by Crippen LogP contribution is -2.36. The smallest absolute Gasteiger partial charge is 0.302 e. The number of hydrogen-bond acceptors (Lipinski definition) is 3. The fourth-order valence-corrected chi connectivity index (χ4v) is 2.80. The maximum atomic E-state index is 10.9. The maximum absolute atomic E-state index is 10.9. The number of esters is 1. The van der Waals surface area contributed by atoms with Gasteiger partial charge in [-0.3, -0.25) is 4.79 Å². The molecule has 1 rings (SSSR count). The molecule has 0 amide bonds. The van der Waals surface area contributed by atoms with E-state index >= 15 is 0 Å². The van der Waals surface area contributed by atoms with Crippen LogP contribution >= 0.6 is 58.0 Å². The molecule has 0 aliphatic carbocycles. The van der Waals surface area contributed by atoms with E-state index in [1.54, 1.807) is 0 Å². The number of aliphatic hydroxyl groups is 1. The Balaban J connectivity index is 3.17. The van der Waals surface area contributed by atoms with Gasteiger partial charge in [0.05, 0.1) is 0 Å². The number of ether oxygens (including phenoxy) is 1. The van der Waals surface area contributed by atoms with Gasteiger partial charge in [0.1, 0.15) is 12.2 Å². The summed E-state index contributed by atoms with van der Waals surface area (Å²) in [5, 5.41) is 11.3. The van der Waals surface area contributed by atoms with Crippen molar-refractivity contribution in [1.82, 2.24) is 0 Å². The van der Waals surface area contributed by atoms with Gasteiger partial charge in [-0.25, -0.2) is 0 Å². The van der Waals surface area contributed by atoms with E-state index in [1.807, 2.05) is 0 Å². The number of carbonyl (C=O) groups excluding carboxylic acids is 1. The Morgan fingerprint density at radius 2 is 1.70 bits per heavy atom. The summed E-state index contributed by atoms with van der Waals surface area (Å²) in [6, 6.07) is 4.43. The summed E-state index contributed by atoms with van der Waals surface area (Å²) in [5.74, 6) is -0.569. The van der Waals surface area contributed by atoms with Crippen LogP contribution in [0.2, 0.25) is 10.0 Å². The molecule has 0 saturated carbocycles. The first-order valence-corrected chi connectivity index (χ1v) is 7.30. The van der Waals surface area contributed by atoms with Crippen molar-refractivity contribution in [3.8, 4) is 0 Å². The van der Waals surface area contributed by atoms with Gasteiger partial charge in [0, 0.05) is 23.4 Å². The molecule has 1 aromatic rings. The minimum absolute atomic E-state index is 0.294. The van der Waals surface area contributed by atoms with E-state index in [-0.39, 0.29) is 13.0 Å². The van der Waals surface area contributed by atoms with Gasteiger partial charge in [0.15, 0.2) is 3.79 Å². The zero-order valence-corrected chi connectivity index (χ0v) is 14.1. The van der Waals surface area contributed by atoms with Gasteiger partial charge in [-0.05, 0) is 23.8 Å². The molecule has 0 bridgehead atoms. The van der Waals surface area contributed by atoms with E-state index in [1.165, 1.54) is 25.1 Å². The highest BCUT2D eigenvalue weighted by molar-refractivity contribution is 6.67. The van der Waals surface area contributed by atoms with Crippen molar-refractivity contribution >= 4 is 64.0 Å². The highest BCUT2D eigenvalue weighted by Gasteiger charge is 2.39. The zero-order valence-electron chi connectivity index (χ0n) is 10.3. The molecule has 0 saturated heterocycles. The molecule has 8 heteroatoms. The van der Waals surface area contributed by atoms with Crippen molar-refractivity contribution in [2.24, 2.45) is 0 Å². The second-order valence-corrected chi connectivity index (χ2v) is 7.65. The van der Waals surface area contributed by atoms with Crippen molar-refractivity contribution in [2.45, 2.75) is 22.7 Å². The lowest BCUT2D eigenvalue weighted by Gasteiger charge is -2.31. The van der Waals surface area contributed by atoms with Crippen LogP contribution in [0.25, 0.3) is 0 Å². The molecule has 1 atom stereocenters. The second-order valence-electron chi connectivity index (χ2n) is 4.26. The van der Waals surface area contributed by atoms with Crippen LogP contribution in [0.1, 0.15) is 18.9 Å². The quantitative estimate of drug-likeness (QED) is 0.618. The monoisotopic (exact) mass is 378 g/mol. The van der Waals surface area contributed by atoms with Gasteiger partial charge in [-0.2, -0.15) is 0 Å². The molecular weight excluding hydrogens is 369 g/mol. The molecule has 0 spiro atoms. The van der Waals surface area contributed by atoms with Crippen LogP contribution in [0.15, 0.2) is 18.2 Å². The fourth-order valence-electron chi connectivity index (χ4n) is 1.61. The van der Waals surface area contributed by atoms with Gasteiger partial charge in [-0.15, -0.1) is 0 Å². The summed E-state index contributed by atoms with van der Waals surface area (Å²) in [5.41, 5.74) is -1.42. The molecule has 112 valence electrons. The molecular formula is C12H11Cl5O3. The lowest BCUT2D eigenvalue weighted by molar-refractivity contribution is -0.150. The van der Waals surface area contributed by atoms with Gasteiger partial charge in [0.2, 0.25) is 0 Å². The van der Waals surface area contributed by atoms with Gasteiger partial charge >= 0.3 is 5.97 Å². The molecule has 0 aliphatic rings. The predicted molar refractivity (Wildman–Crippen MR) is 81.9 cm³/mol. The summed E-state index contributed by atoms with van der Waals surface area (Å²) >= 11 is 29.0. The van der Waals surface area contributed by atoms with Crippen molar-refractivity contribution in [2.75, 3.05) is 6.61 Å². The summed E-state index contributed by atoms with van der Waals surface area (Å²) in [6.45, 7) is 0.827. The molecule has 0 radical (unpaired) electrons. The van der Waals surface area contributed by atoms with Crippen molar-refractivity contribution in [3.63, 3.8) is 0 Å². The van der Waals surface area contributed by atoms with Gasteiger partial charge in [0.25, 0.3) is 0 Å². The minimum atomic E-state index is -1.75. The summed E-state index contributed by atoms with van der Waals surface area (Å²) < 4.78 is 3.09. The standard InChI is InChI=1S/C12H11Cl5O3/c1-7(18)20-6-11(19,5-12(15,16)17)8-2-9(13)4-10(14)3-8/h2-4,19H,5-6H2,1H3. The van der Waals surface area contributed by atoms with Gasteiger partial charge < -0.3 is 9.84 Å². The fraction of sp³-hybridized carbons (Fsp3) is 0.417. The molecule has 3 nitrogen and oxygen atoms in total. The minimum Gasteiger partial charge on any atom is -0.462 e. The zero-order chi connectivity index (χ0) is 15.6. The largest absolute Gasteiger partial charge is 0.462 e. The van der Waals surface area contributed by atoms with Crippen molar-refractivity contribution < 1.29 is 14.6 Å². The molecule has 1 N–H and O–H groups in total. The average Bonchev–Trinajstić information content (AvgIpc) is 2.22. The first-order chi connectivity index (χ1) is 9.02. The van der Waals surface area contributed by atoms with Crippen molar-refractivity contribution in [1.29, 1.82) is 0 Å². The van der Waals surface area contributed by atoms with Crippen LogP contribution in [0.5, 0.6) is 0 Å². The topological polar surface area (TPSA) is 46.5 Å². The molecule has 1 unspecified atom stereocenters. The van der Waals surface area contributed by atoms with E-state index < -0.39 is 15.4 Å². The van der Waals surface area contributed by atoms with E-state index in [0.717, 1.165) is 0 Å². The number of carbonyl (C=O) groups is 1. The number of benzene rings is 1. The second kappa shape index (κ2) is 6.91. The normalized spacial score (nSPS) is 14.8. The lowest BCUT2D eigenvalue weighted by atomic mass is 9.92. The molecule has 0 heterocycles. The number of halogens is 5. The van der Waals surface area contributed by atoms with Crippen LogP contribution in [0.3, 0.4) is 0 Å². The predicted octanol–water partition coefficient (Wildman–Crippen LogP) is 4.50. The highest BCUT2D eigenvalue weighted by Crippen LogP contribution is 2.41. The Morgan fingerprint density at radius 1 is 1.20 bits per heavy atom. The Labute approximate surface area is 141 Å². The average molecular weight is 380 g/mol. The van der Waals surface area contributed by atoms with Gasteiger partial charge in [-0.1, -0.05) is 58.0 Å². The van der Waals surface area contributed by atoms with Crippen molar-refractivity contribution in [3.05, 3.63) is 33.8 Å². The molecule has 0 aliphatic heterocycles. The first kappa shape index (κ1) is 18.1.